The van der Waals surface area contributed by atoms with E-state index in [1.165, 1.54) is 0 Å². The Morgan fingerprint density at radius 3 is 1.93 bits per heavy atom. The second kappa shape index (κ2) is 4.89. The molecule has 0 aliphatic heterocycles. The summed E-state index contributed by atoms with van der Waals surface area (Å²) in [5.41, 5.74) is 0.548. The number of hydrogen-bond acceptors (Lipinski definition) is 2. The summed E-state index contributed by atoms with van der Waals surface area (Å²) in [4.78, 5) is 11.7. The Morgan fingerprint density at radius 1 is 1.29 bits per heavy atom. The molecule has 0 aliphatic carbocycles. The summed E-state index contributed by atoms with van der Waals surface area (Å²) in [6.07, 6.45) is 0.566. The molecule has 14 heavy (non-hydrogen) atoms. The predicted molar refractivity (Wildman–Crippen MR) is 62.3 cm³/mol. The van der Waals surface area contributed by atoms with Gasteiger partial charge in [-0.25, -0.2) is 0 Å². The molecule has 0 amide bonds. The van der Waals surface area contributed by atoms with E-state index in [-0.39, 0.29) is 11.7 Å². The zero-order valence-electron chi connectivity index (χ0n) is 10.1. The van der Waals surface area contributed by atoms with E-state index in [0.29, 0.717) is 11.7 Å². The summed E-state index contributed by atoms with van der Waals surface area (Å²) >= 11 is 0. The summed E-state index contributed by atoms with van der Waals surface area (Å²) in [6, 6.07) is 0. The van der Waals surface area contributed by atoms with Gasteiger partial charge in [0, 0.05) is 0 Å². The Bertz CT molecular complexity index is 226. The highest BCUT2D eigenvalue weighted by atomic mass is 28.4. The van der Waals surface area contributed by atoms with E-state index in [4.69, 9.17) is 4.43 Å². The van der Waals surface area contributed by atoms with Gasteiger partial charge in [-0.05, 0) is 38.1 Å². The molecule has 0 saturated heterocycles. The van der Waals surface area contributed by atoms with E-state index < -0.39 is 8.32 Å². The van der Waals surface area contributed by atoms with E-state index in [2.05, 4.69) is 26.2 Å². The lowest BCUT2D eigenvalue weighted by molar-refractivity contribution is -0.118. The van der Waals surface area contributed by atoms with Gasteiger partial charge in [0.2, 0.25) is 0 Å². The van der Waals surface area contributed by atoms with Crippen LogP contribution in [-0.4, -0.2) is 14.1 Å². The Balaban J connectivity index is 4.62. The van der Waals surface area contributed by atoms with Gasteiger partial charge in [0.1, 0.15) is 0 Å². The van der Waals surface area contributed by atoms with Gasteiger partial charge in [0.25, 0.3) is 0 Å². The quantitative estimate of drug-likeness (QED) is 0.518. The molecule has 81 valence electrons. The van der Waals surface area contributed by atoms with Crippen LogP contribution in [0.15, 0.2) is 12.2 Å². The minimum Gasteiger partial charge on any atom is -0.402 e. The van der Waals surface area contributed by atoms with Gasteiger partial charge in [0.05, 0.1) is 0 Å². The fraction of sp³-hybridized carbons (Fsp3) is 0.636. The van der Waals surface area contributed by atoms with Gasteiger partial charge in [-0.1, -0.05) is 20.4 Å². The third kappa shape index (κ3) is 4.72. The lowest BCUT2D eigenvalue weighted by Gasteiger charge is -2.26. The van der Waals surface area contributed by atoms with E-state index in [9.17, 15) is 4.79 Å². The highest BCUT2D eigenvalue weighted by molar-refractivity contribution is 6.70. The fourth-order valence-electron chi connectivity index (χ4n) is 0.967. The first-order chi connectivity index (χ1) is 6.15. The summed E-state index contributed by atoms with van der Waals surface area (Å²) in [6.45, 7) is 15.5. The molecule has 0 spiro atoms. The molecule has 0 aromatic rings. The van der Waals surface area contributed by atoms with Crippen molar-refractivity contribution in [2.75, 3.05) is 0 Å². The van der Waals surface area contributed by atoms with Crippen LogP contribution in [-0.2, 0) is 9.22 Å². The van der Waals surface area contributed by atoms with Gasteiger partial charge in [-0.2, -0.15) is 0 Å². The summed E-state index contributed by atoms with van der Waals surface area (Å²) < 4.78 is 5.77. The lowest BCUT2D eigenvalue weighted by Crippen LogP contribution is -2.34. The molecule has 0 atom stereocenters. The fourth-order valence-corrected chi connectivity index (χ4v) is 1.95. The van der Waals surface area contributed by atoms with Crippen LogP contribution in [0.1, 0.15) is 20.8 Å². The molecule has 0 aliphatic rings. The number of ketones is 1. The molecule has 0 unspecified atom stereocenters. The predicted octanol–water partition coefficient (Wildman–Crippen LogP) is 3.17. The van der Waals surface area contributed by atoms with Crippen molar-refractivity contribution < 1.29 is 9.22 Å². The normalized spacial score (nSPS) is 12.3. The number of hydrogen-bond donors (Lipinski definition) is 0. The second-order valence-corrected chi connectivity index (χ2v) is 9.27. The number of rotatable bonds is 5. The van der Waals surface area contributed by atoms with Crippen LogP contribution in [0.4, 0.5) is 0 Å². The van der Waals surface area contributed by atoms with Crippen molar-refractivity contribution in [3.8, 4) is 0 Å². The largest absolute Gasteiger partial charge is 0.402 e. The van der Waals surface area contributed by atoms with E-state index in [0.717, 1.165) is 0 Å². The van der Waals surface area contributed by atoms with Gasteiger partial charge in [0.15, 0.2) is 20.2 Å². The van der Waals surface area contributed by atoms with Gasteiger partial charge in [-0.15, -0.1) is 0 Å². The summed E-state index contributed by atoms with van der Waals surface area (Å²) in [5.74, 6) is 0.0911. The molecule has 0 N–H and O–H groups in total. The van der Waals surface area contributed by atoms with Crippen LogP contribution < -0.4 is 0 Å². The molecule has 3 heteroatoms. The SMILES string of the molecule is C=C(C)C(=O)[C](O[Si](C)(C)C)C(C)C. The molecular weight excluding hydrogens is 192 g/mol. The molecule has 0 fully saturated rings. The summed E-state index contributed by atoms with van der Waals surface area (Å²) in [7, 11) is -1.69. The summed E-state index contributed by atoms with van der Waals surface area (Å²) in [5, 5.41) is 0. The Morgan fingerprint density at radius 2 is 1.71 bits per heavy atom. The molecule has 0 saturated carbocycles. The van der Waals surface area contributed by atoms with Crippen molar-refractivity contribution in [2.45, 2.75) is 40.4 Å². The highest BCUT2D eigenvalue weighted by Gasteiger charge is 2.30. The highest BCUT2D eigenvalue weighted by Crippen LogP contribution is 2.24. The van der Waals surface area contributed by atoms with Crippen molar-refractivity contribution in [1.82, 2.24) is 0 Å². The third-order valence-corrected chi connectivity index (χ3v) is 2.38. The van der Waals surface area contributed by atoms with Crippen LogP contribution in [0.5, 0.6) is 0 Å². The van der Waals surface area contributed by atoms with E-state index in [1.807, 2.05) is 13.8 Å². The first-order valence-electron chi connectivity index (χ1n) is 4.91. The van der Waals surface area contributed by atoms with Gasteiger partial charge in [-0.3, -0.25) is 4.79 Å². The zero-order chi connectivity index (χ0) is 11.5. The van der Waals surface area contributed by atoms with Crippen LogP contribution >= 0.6 is 0 Å². The Labute approximate surface area is 88.5 Å². The first kappa shape index (κ1) is 13.6. The minimum atomic E-state index is -1.69. The van der Waals surface area contributed by atoms with Crippen LogP contribution in [0, 0.1) is 12.0 Å². The second-order valence-electron chi connectivity index (χ2n) is 4.84. The number of carbonyl (C=O) groups is 1. The molecular formula is C11H21O2Si. The molecule has 0 aromatic heterocycles. The van der Waals surface area contributed by atoms with Crippen LogP contribution in [0.3, 0.4) is 0 Å². The molecule has 0 aromatic carbocycles. The topological polar surface area (TPSA) is 26.3 Å². The molecule has 0 heterocycles. The van der Waals surface area contributed by atoms with Gasteiger partial charge < -0.3 is 4.43 Å². The maximum Gasteiger partial charge on any atom is 0.192 e. The standard InChI is InChI=1S/C11H21O2Si/c1-8(2)10(12)11(9(3)4)13-14(5,6)7/h9H,1H2,2-7H3. The van der Waals surface area contributed by atoms with Gasteiger partial charge >= 0.3 is 0 Å². The average Bonchev–Trinajstić information content (AvgIpc) is 1.96. The molecule has 2 nitrogen and oxygen atoms in total. The van der Waals surface area contributed by atoms with Crippen molar-refractivity contribution in [1.29, 1.82) is 0 Å². The smallest absolute Gasteiger partial charge is 0.192 e. The Kier molecular flexibility index (Phi) is 4.75. The lowest BCUT2D eigenvalue weighted by atomic mass is 10.00. The first-order valence-corrected chi connectivity index (χ1v) is 8.32. The third-order valence-electron chi connectivity index (χ3n) is 1.55. The minimum absolute atomic E-state index is 0.0394. The van der Waals surface area contributed by atoms with Crippen molar-refractivity contribution in [3.05, 3.63) is 18.3 Å². The monoisotopic (exact) mass is 213 g/mol. The van der Waals surface area contributed by atoms with Crippen molar-refractivity contribution in [2.24, 2.45) is 5.92 Å². The molecule has 0 rings (SSSR count). The number of carbonyl (C=O) groups excluding carboxylic acids is 1. The van der Waals surface area contributed by atoms with E-state index in [1.54, 1.807) is 6.92 Å². The maximum atomic E-state index is 11.7. The Hall–Kier alpha value is -0.413. The van der Waals surface area contributed by atoms with Crippen molar-refractivity contribution in [3.63, 3.8) is 0 Å². The maximum absolute atomic E-state index is 11.7. The number of Topliss-reactive ketones (excluding diaryl/α,β-unsaturated/α-hetero) is 1. The van der Waals surface area contributed by atoms with Crippen LogP contribution in [0.2, 0.25) is 19.6 Å². The average molecular weight is 213 g/mol. The molecule has 0 bridgehead atoms. The van der Waals surface area contributed by atoms with Crippen molar-refractivity contribution >= 4 is 14.1 Å². The van der Waals surface area contributed by atoms with Crippen LogP contribution in [0.25, 0.3) is 0 Å². The zero-order valence-corrected chi connectivity index (χ0v) is 11.1. The van der Waals surface area contributed by atoms with E-state index >= 15 is 0 Å². The molecule has 1 radical (unpaired) electrons.